The average molecular weight is 414 g/mol. The molecule has 3 heterocycles. The molecule has 2 aliphatic heterocycles. The van der Waals surface area contributed by atoms with Crippen LogP contribution < -0.4 is 0 Å². The summed E-state index contributed by atoms with van der Waals surface area (Å²) in [5.74, 6) is 0.144. The van der Waals surface area contributed by atoms with Gasteiger partial charge in [-0.1, -0.05) is 49.4 Å². The summed E-state index contributed by atoms with van der Waals surface area (Å²) in [5.41, 5.74) is 4.58. The van der Waals surface area contributed by atoms with Gasteiger partial charge < -0.3 is 14.8 Å². The first kappa shape index (κ1) is 18.7. The van der Waals surface area contributed by atoms with Crippen molar-refractivity contribution in [3.63, 3.8) is 0 Å². The van der Waals surface area contributed by atoms with Gasteiger partial charge in [-0.25, -0.2) is 0 Å². The second-order valence-corrected chi connectivity index (χ2v) is 9.35. The van der Waals surface area contributed by atoms with E-state index in [1.54, 1.807) is 0 Å². The number of hydrogen-bond acceptors (Lipinski definition) is 2. The van der Waals surface area contributed by atoms with E-state index in [2.05, 4.69) is 48.3 Å². The highest BCUT2D eigenvalue weighted by atomic mass is 16.2. The van der Waals surface area contributed by atoms with Crippen molar-refractivity contribution in [2.75, 3.05) is 13.1 Å². The van der Waals surface area contributed by atoms with Gasteiger partial charge in [0.15, 0.2) is 5.54 Å². The van der Waals surface area contributed by atoms with Gasteiger partial charge >= 0.3 is 0 Å². The number of aromatic nitrogens is 1. The number of carbonyl (C=O) groups is 2. The van der Waals surface area contributed by atoms with Crippen molar-refractivity contribution in [3.8, 4) is 0 Å². The van der Waals surface area contributed by atoms with Gasteiger partial charge in [0.2, 0.25) is 5.91 Å². The highest BCUT2D eigenvalue weighted by Gasteiger charge is 2.58. The molecule has 5 heteroatoms. The summed E-state index contributed by atoms with van der Waals surface area (Å²) < 4.78 is 0. The molecule has 6 rings (SSSR count). The Labute approximate surface area is 182 Å². The van der Waals surface area contributed by atoms with Crippen molar-refractivity contribution in [2.24, 2.45) is 0 Å². The van der Waals surface area contributed by atoms with Crippen LogP contribution in [0.5, 0.6) is 0 Å². The standard InChI is InChI=1S/C26H27N3O2/c1-3-16-8-10-17(11-9-16)20-14-29-22(30)15-28(18-12-13-18)25(31)26(29,2)24-23(20)19-6-4-5-7-21(19)27-24/h4-11,18,20,27H,3,12-15H2,1-2H3/t20-,26+/m1/s1. The lowest BCUT2D eigenvalue weighted by molar-refractivity contribution is -0.166. The zero-order valence-corrected chi connectivity index (χ0v) is 18.0. The van der Waals surface area contributed by atoms with Gasteiger partial charge in [0.25, 0.3) is 5.91 Å². The normalized spacial score (nSPS) is 25.7. The largest absolute Gasteiger partial charge is 0.356 e. The predicted octanol–water partition coefficient (Wildman–Crippen LogP) is 3.92. The minimum Gasteiger partial charge on any atom is -0.356 e. The summed E-state index contributed by atoms with van der Waals surface area (Å²) in [6.07, 6.45) is 3.00. The molecule has 5 nitrogen and oxygen atoms in total. The van der Waals surface area contributed by atoms with Crippen molar-refractivity contribution in [2.45, 2.75) is 50.6 Å². The van der Waals surface area contributed by atoms with Crippen molar-refractivity contribution in [1.82, 2.24) is 14.8 Å². The van der Waals surface area contributed by atoms with E-state index in [4.69, 9.17) is 0 Å². The lowest BCUT2D eigenvalue weighted by Gasteiger charge is -2.51. The van der Waals surface area contributed by atoms with Crippen LogP contribution >= 0.6 is 0 Å². The van der Waals surface area contributed by atoms with Gasteiger partial charge in [-0.05, 0) is 48.9 Å². The van der Waals surface area contributed by atoms with Crippen molar-refractivity contribution >= 4 is 22.7 Å². The zero-order chi connectivity index (χ0) is 21.3. The molecule has 3 aliphatic rings. The van der Waals surface area contributed by atoms with Crippen LogP contribution in [-0.2, 0) is 21.5 Å². The molecule has 158 valence electrons. The number of carbonyl (C=O) groups excluding carboxylic acids is 2. The summed E-state index contributed by atoms with van der Waals surface area (Å²) in [6.45, 7) is 4.82. The molecule has 3 aromatic rings. The van der Waals surface area contributed by atoms with Gasteiger partial charge in [0, 0.05) is 29.4 Å². The first-order valence-corrected chi connectivity index (χ1v) is 11.3. The number of rotatable bonds is 3. The molecule has 0 spiro atoms. The van der Waals surface area contributed by atoms with Crippen LogP contribution in [0.15, 0.2) is 48.5 Å². The Bertz CT molecular complexity index is 1210. The van der Waals surface area contributed by atoms with Crippen LogP contribution in [0, 0.1) is 0 Å². The van der Waals surface area contributed by atoms with Crippen LogP contribution in [0.1, 0.15) is 55.0 Å². The first-order valence-electron chi connectivity index (χ1n) is 11.3. The maximum Gasteiger partial charge on any atom is 0.255 e. The van der Waals surface area contributed by atoms with Crippen molar-refractivity contribution in [3.05, 3.63) is 70.9 Å². The molecule has 1 N–H and O–H groups in total. The molecular weight excluding hydrogens is 386 g/mol. The number of nitrogens with zero attached hydrogens (tertiary/aromatic N) is 2. The summed E-state index contributed by atoms with van der Waals surface area (Å²) in [5, 5.41) is 1.15. The van der Waals surface area contributed by atoms with Crippen LogP contribution in [-0.4, -0.2) is 45.7 Å². The molecule has 1 aromatic heterocycles. The molecule has 2 fully saturated rings. The van der Waals surface area contributed by atoms with Gasteiger partial charge in [0.1, 0.15) is 6.54 Å². The number of fused-ring (bicyclic) bond motifs is 5. The molecule has 2 amide bonds. The number of aryl methyl sites for hydroxylation is 1. The maximum atomic E-state index is 13.8. The molecule has 1 aliphatic carbocycles. The van der Waals surface area contributed by atoms with E-state index in [1.165, 1.54) is 11.1 Å². The predicted molar refractivity (Wildman–Crippen MR) is 120 cm³/mol. The Morgan fingerprint density at radius 3 is 2.52 bits per heavy atom. The SMILES string of the molecule is CCc1ccc([C@H]2CN3C(=O)CN(C4CC4)C(=O)[C@]3(C)c3[nH]c4ccccc4c32)cc1. The van der Waals surface area contributed by atoms with E-state index in [9.17, 15) is 9.59 Å². The minimum absolute atomic E-state index is 0.0364. The van der Waals surface area contributed by atoms with E-state index in [-0.39, 0.29) is 30.3 Å². The molecule has 0 unspecified atom stereocenters. The van der Waals surface area contributed by atoms with Crippen molar-refractivity contribution < 1.29 is 9.59 Å². The van der Waals surface area contributed by atoms with Crippen molar-refractivity contribution in [1.29, 1.82) is 0 Å². The van der Waals surface area contributed by atoms with E-state index < -0.39 is 5.54 Å². The molecule has 2 aromatic carbocycles. The average Bonchev–Trinajstić information content (AvgIpc) is 3.56. The number of piperazine rings is 1. The fourth-order valence-corrected chi connectivity index (χ4v) is 5.60. The minimum atomic E-state index is -0.980. The Kier molecular flexibility index (Phi) is 3.89. The number of benzene rings is 2. The quantitative estimate of drug-likeness (QED) is 0.708. The molecule has 1 saturated carbocycles. The highest BCUT2D eigenvalue weighted by Crippen LogP contribution is 2.49. The molecule has 2 atom stereocenters. The molecule has 1 saturated heterocycles. The number of amides is 2. The Hall–Kier alpha value is -3.08. The number of aromatic amines is 1. The fourth-order valence-electron chi connectivity index (χ4n) is 5.60. The van der Waals surface area contributed by atoms with Crippen LogP contribution in [0.3, 0.4) is 0 Å². The van der Waals surface area contributed by atoms with Gasteiger partial charge in [-0.2, -0.15) is 0 Å². The monoisotopic (exact) mass is 413 g/mol. The van der Waals surface area contributed by atoms with E-state index >= 15 is 0 Å². The Morgan fingerprint density at radius 1 is 1.06 bits per heavy atom. The number of H-pyrrole nitrogens is 1. The van der Waals surface area contributed by atoms with E-state index in [0.29, 0.717) is 6.54 Å². The first-order chi connectivity index (χ1) is 15.0. The number of para-hydroxylation sites is 1. The molecule has 0 radical (unpaired) electrons. The second-order valence-electron chi connectivity index (χ2n) is 9.35. The third-order valence-corrected chi connectivity index (χ3v) is 7.55. The van der Waals surface area contributed by atoms with Crippen LogP contribution in [0.4, 0.5) is 0 Å². The molecule has 0 bridgehead atoms. The zero-order valence-electron chi connectivity index (χ0n) is 18.0. The topological polar surface area (TPSA) is 56.4 Å². The lowest BCUT2D eigenvalue weighted by atomic mass is 9.76. The van der Waals surface area contributed by atoms with Gasteiger partial charge in [-0.3, -0.25) is 9.59 Å². The summed E-state index contributed by atoms with van der Waals surface area (Å²) in [7, 11) is 0. The summed E-state index contributed by atoms with van der Waals surface area (Å²) in [6, 6.07) is 17.2. The number of hydrogen-bond donors (Lipinski definition) is 1. The maximum absolute atomic E-state index is 13.8. The third kappa shape index (κ3) is 2.55. The third-order valence-electron chi connectivity index (χ3n) is 7.55. The van der Waals surface area contributed by atoms with E-state index in [1.807, 2.05) is 28.9 Å². The Morgan fingerprint density at radius 2 is 1.81 bits per heavy atom. The molecular formula is C26H27N3O2. The Balaban J connectivity index is 1.57. The molecule has 31 heavy (non-hydrogen) atoms. The van der Waals surface area contributed by atoms with E-state index in [0.717, 1.165) is 41.4 Å². The van der Waals surface area contributed by atoms with Gasteiger partial charge in [-0.15, -0.1) is 0 Å². The fraction of sp³-hybridized carbons (Fsp3) is 0.385. The second kappa shape index (κ2) is 6.46. The highest BCUT2D eigenvalue weighted by molar-refractivity contribution is 6.01. The summed E-state index contributed by atoms with van der Waals surface area (Å²) in [4.78, 5) is 34.4. The van der Waals surface area contributed by atoms with Crippen LogP contribution in [0.2, 0.25) is 0 Å². The smallest absolute Gasteiger partial charge is 0.255 e. The summed E-state index contributed by atoms with van der Waals surface area (Å²) >= 11 is 0. The van der Waals surface area contributed by atoms with Crippen LogP contribution in [0.25, 0.3) is 10.9 Å². The number of nitrogens with one attached hydrogen (secondary N) is 1. The van der Waals surface area contributed by atoms with Gasteiger partial charge in [0.05, 0.1) is 5.69 Å². The lowest BCUT2D eigenvalue weighted by Crippen LogP contribution is -2.67.